The van der Waals surface area contributed by atoms with Gasteiger partial charge in [-0.05, 0) is 42.3 Å². The second-order valence-corrected chi connectivity index (χ2v) is 9.59. The fourth-order valence-corrected chi connectivity index (χ4v) is 4.77. The molecule has 0 bridgehead atoms. The van der Waals surface area contributed by atoms with Gasteiger partial charge in [0.1, 0.15) is 0 Å². The van der Waals surface area contributed by atoms with Gasteiger partial charge in [0.15, 0.2) is 0 Å². The molecule has 0 atom stereocenters. The van der Waals surface area contributed by atoms with E-state index in [-0.39, 0.29) is 42.2 Å². The molecule has 2 aromatic carbocycles. The first-order chi connectivity index (χ1) is 16.0. The molecule has 8 nitrogen and oxygen atoms in total. The van der Waals surface area contributed by atoms with E-state index in [2.05, 4.69) is 10.6 Å². The fraction of sp³-hybridized carbons (Fsp3) is 0.364. The number of hydrogen-bond donors (Lipinski definition) is 2. The summed E-state index contributed by atoms with van der Waals surface area (Å²) in [6.45, 7) is 2.43. The summed E-state index contributed by atoms with van der Waals surface area (Å²) in [6, 6.07) is 8.75. The van der Waals surface area contributed by atoms with E-state index in [1.807, 2.05) is 0 Å². The second-order valence-electron chi connectivity index (χ2n) is 7.65. The van der Waals surface area contributed by atoms with Crippen LogP contribution >= 0.6 is 0 Å². The lowest BCUT2D eigenvalue weighted by Gasteiger charge is -2.26. The normalized spacial score (nSPS) is 15.1. The molecule has 3 rings (SSSR count). The lowest BCUT2D eigenvalue weighted by atomic mass is 10.1. The minimum atomic E-state index is -4.61. The summed E-state index contributed by atoms with van der Waals surface area (Å²) in [5.74, 6) is -1.06. The predicted octanol–water partition coefficient (Wildman–Crippen LogP) is 3.26. The Bertz CT molecular complexity index is 1150. The molecule has 0 radical (unpaired) electrons. The van der Waals surface area contributed by atoms with Crippen molar-refractivity contribution < 1.29 is 35.9 Å². The smallest absolute Gasteiger partial charge is 0.379 e. The van der Waals surface area contributed by atoms with Gasteiger partial charge in [-0.15, -0.1) is 0 Å². The standard InChI is InChI=1S/C22H24F3N3O5S/c1-15(29)26-19-8-5-17(22(23,24)25)14-20(19)27-21(30)9-4-16-2-6-18(7-3-16)34(31,32)28-10-12-33-13-11-28/h2-3,5-8,14H,4,9-13H2,1H3,(H,26,29)(H,27,30). The molecule has 1 aliphatic heterocycles. The summed E-state index contributed by atoms with van der Waals surface area (Å²) in [5, 5.41) is 4.80. The quantitative estimate of drug-likeness (QED) is 0.609. The molecule has 1 fully saturated rings. The Labute approximate surface area is 195 Å². The van der Waals surface area contributed by atoms with Crippen LogP contribution in [0.2, 0.25) is 0 Å². The third kappa shape index (κ3) is 6.55. The van der Waals surface area contributed by atoms with Crippen LogP contribution in [0.1, 0.15) is 24.5 Å². The second kappa shape index (κ2) is 10.5. The zero-order chi connectivity index (χ0) is 24.9. The van der Waals surface area contributed by atoms with Gasteiger partial charge in [-0.25, -0.2) is 8.42 Å². The summed E-state index contributed by atoms with van der Waals surface area (Å²) >= 11 is 0. The van der Waals surface area contributed by atoms with E-state index < -0.39 is 33.6 Å². The Balaban J connectivity index is 1.65. The van der Waals surface area contributed by atoms with Crippen LogP contribution in [0.5, 0.6) is 0 Å². The Morgan fingerprint density at radius 3 is 2.24 bits per heavy atom. The van der Waals surface area contributed by atoms with E-state index in [9.17, 15) is 31.2 Å². The van der Waals surface area contributed by atoms with E-state index in [0.717, 1.165) is 18.2 Å². The SMILES string of the molecule is CC(=O)Nc1ccc(C(F)(F)F)cc1NC(=O)CCc1ccc(S(=O)(=O)N2CCOCC2)cc1. The van der Waals surface area contributed by atoms with E-state index >= 15 is 0 Å². The average molecular weight is 500 g/mol. The molecule has 34 heavy (non-hydrogen) atoms. The highest BCUT2D eigenvalue weighted by Crippen LogP contribution is 2.34. The largest absolute Gasteiger partial charge is 0.416 e. The monoisotopic (exact) mass is 499 g/mol. The highest BCUT2D eigenvalue weighted by atomic mass is 32.2. The molecule has 0 aliphatic carbocycles. The van der Waals surface area contributed by atoms with E-state index in [4.69, 9.17) is 4.74 Å². The van der Waals surface area contributed by atoms with Gasteiger partial charge < -0.3 is 15.4 Å². The van der Waals surface area contributed by atoms with Crippen molar-refractivity contribution in [2.45, 2.75) is 30.8 Å². The highest BCUT2D eigenvalue weighted by Gasteiger charge is 2.31. The van der Waals surface area contributed by atoms with Gasteiger partial charge in [-0.2, -0.15) is 17.5 Å². The molecule has 12 heteroatoms. The molecule has 0 aromatic heterocycles. The van der Waals surface area contributed by atoms with Crippen LogP contribution in [-0.2, 0) is 36.9 Å². The Kier molecular flexibility index (Phi) is 7.95. The van der Waals surface area contributed by atoms with E-state index in [1.54, 1.807) is 12.1 Å². The van der Waals surface area contributed by atoms with Gasteiger partial charge in [0.25, 0.3) is 0 Å². The van der Waals surface area contributed by atoms with Crippen molar-refractivity contribution in [1.29, 1.82) is 0 Å². The number of alkyl halides is 3. The highest BCUT2D eigenvalue weighted by molar-refractivity contribution is 7.89. The van der Waals surface area contributed by atoms with Crippen LogP contribution < -0.4 is 10.6 Å². The van der Waals surface area contributed by atoms with Crippen molar-refractivity contribution >= 4 is 33.2 Å². The third-order valence-electron chi connectivity index (χ3n) is 5.10. The average Bonchev–Trinajstić information content (AvgIpc) is 2.78. The number of carbonyl (C=O) groups is 2. The molecular formula is C22H24F3N3O5S. The maximum absolute atomic E-state index is 13.1. The lowest BCUT2D eigenvalue weighted by molar-refractivity contribution is -0.137. The molecule has 0 unspecified atom stereocenters. The number of anilines is 2. The summed E-state index contributed by atoms with van der Waals surface area (Å²) in [5.41, 5.74) is -0.398. The van der Waals surface area contributed by atoms with Crippen molar-refractivity contribution in [3.05, 3.63) is 53.6 Å². The maximum atomic E-state index is 13.1. The lowest BCUT2D eigenvalue weighted by Crippen LogP contribution is -2.40. The van der Waals surface area contributed by atoms with Crippen LogP contribution in [-0.4, -0.2) is 50.8 Å². The molecule has 2 N–H and O–H groups in total. The minimum absolute atomic E-state index is 0.0477. The zero-order valence-corrected chi connectivity index (χ0v) is 19.1. The molecule has 184 valence electrons. The van der Waals surface area contributed by atoms with Crippen LogP contribution in [0.3, 0.4) is 0 Å². The molecule has 2 amide bonds. The number of aryl methyl sites for hydroxylation is 1. The number of nitrogens with one attached hydrogen (secondary N) is 2. The molecular weight excluding hydrogens is 475 g/mol. The first kappa shape index (κ1) is 25.7. The summed E-state index contributed by atoms with van der Waals surface area (Å²) in [4.78, 5) is 23.9. The number of sulfonamides is 1. The molecule has 1 aliphatic rings. The van der Waals surface area contributed by atoms with Crippen LogP contribution in [0.15, 0.2) is 47.4 Å². The van der Waals surface area contributed by atoms with Crippen LogP contribution in [0.4, 0.5) is 24.5 Å². The number of amides is 2. The number of hydrogen-bond acceptors (Lipinski definition) is 5. The zero-order valence-electron chi connectivity index (χ0n) is 18.3. The number of carbonyl (C=O) groups excluding carboxylic acids is 2. The number of halogens is 3. The number of rotatable bonds is 7. The van der Waals surface area contributed by atoms with Gasteiger partial charge in [-0.1, -0.05) is 12.1 Å². The topological polar surface area (TPSA) is 105 Å². The first-order valence-corrected chi connectivity index (χ1v) is 11.9. The van der Waals surface area contributed by atoms with Crippen molar-refractivity contribution in [3.8, 4) is 0 Å². The fourth-order valence-electron chi connectivity index (χ4n) is 3.36. The van der Waals surface area contributed by atoms with E-state index in [1.165, 1.54) is 23.4 Å². The van der Waals surface area contributed by atoms with Crippen molar-refractivity contribution in [2.75, 3.05) is 36.9 Å². The molecule has 1 saturated heterocycles. The van der Waals surface area contributed by atoms with Crippen LogP contribution in [0, 0.1) is 0 Å². The van der Waals surface area contributed by atoms with Crippen LogP contribution in [0.25, 0.3) is 0 Å². The van der Waals surface area contributed by atoms with Gasteiger partial charge in [0, 0.05) is 26.4 Å². The number of nitrogens with zero attached hydrogens (tertiary/aromatic N) is 1. The Morgan fingerprint density at radius 1 is 1.00 bits per heavy atom. The molecule has 0 saturated carbocycles. The Morgan fingerprint density at radius 2 is 1.65 bits per heavy atom. The van der Waals surface area contributed by atoms with Gasteiger partial charge in [0.05, 0.1) is 35.0 Å². The van der Waals surface area contributed by atoms with E-state index in [0.29, 0.717) is 18.8 Å². The number of ether oxygens (including phenoxy) is 1. The summed E-state index contributed by atoms with van der Waals surface area (Å²) < 4.78 is 71.0. The third-order valence-corrected chi connectivity index (χ3v) is 7.02. The summed E-state index contributed by atoms with van der Waals surface area (Å²) in [6.07, 6.45) is -4.44. The van der Waals surface area contributed by atoms with Gasteiger partial charge in [-0.3, -0.25) is 9.59 Å². The maximum Gasteiger partial charge on any atom is 0.416 e. The molecule has 1 heterocycles. The summed E-state index contributed by atoms with van der Waals surface area (Å²) in [7, 11) is -3.63. The van der Waals surface area contributed by atoms with Crippen molar-refractivity contribution in [2.24, 2.45) is 0 Å². The predicted molar refractivity (Wildman–Crippen MR) is 119 cm³/mol. The molecule has 0 spiro atoms. The molecule has 2 aromatic rings. The van der Waals surface area contributed by atoms with Crippen molar-refractivity contribution in [1.82, 2.24) is 4.31 Å². The van der Waals surface area contributed by atoms with Gasteiger partial charge >= 0.3 is 6.18 Å². The Hall–Kier alpha value is -2.96. The number of morpholine rings is 1. The first-order valence-electron chi connectivity index (χ1n) is 10.4. The van der Waals surface area contributed by atoms with Crippen molar-refractivity contribution in [3.63, 3.8) is 0 Å². The number of benzene rings is 2. The minimum Gasteiger partial charge on any atom is -0.379 e. The van der Waals surface area contributed by atoms with Gasteiger partial charge in [0.2, 0.25) is 21.8 Å².